The SMILES string of the molecule is O=C(NCc1ccc2c(c1)OCO2)[C@@H](c1ccccc1)N(Cc1ccc(Cl)cc1)C(=O)CCc1ccccc1. The van der Waals surface area contributed by atoms with Gasteiger partial charge in [-0.3, -0.25) is 9.59 Å². The fourth-order valence-corrected chi connectivity index (χ4v) is 4.72. The lowest BCUT2D eigenvalue weighted by Gasteiger charge is -2.32. The molecular formula is C32H29ClN2O4. The molecule has 1 N–H and O–H groups in total. The standard InChI is InChI=1S/C32H29ClN2O4/c33-27-15-11-24(12-16-27)21-35(30(36)18-14-23-7-3-1-4-8-23)31(26-9-5-2-6-10-26)32(37)34-20-25-13-17-28-29(19-25)39-22-38-28/h1-13,15-17,19,31H,14,18,20-22H2,(H,34,37)/t31-/m1/s1. The number of halogens is 1. The van der Waals surface area contributed by atoms with E-state index in [4.69, 9.17) is 21.1 Å². The molecule has 4 aromatic carbocycles. The topological polar surface area (TPSA) is 67.9 Å². The van der Waals surface area contributed by atoms with Crippen LogP contribution < -0.4 is 14.8 Å². The number of benzene rings is 4. The Kier molecular flexibility index (Phi) is 8.44. The molecule has 0 spiro atoms. The van der Waals surface area contributed by atoms with Crippen LogP contribution in [-0.2, 0) is 29.1 Å². The molecule has 2 amide bonds. The summed E-state index contributed by atoms with van der Waals surface area (Å²) in [6.45, 7) is 0.736. The van der Waals surface area contributed by atoms with Crippen LogP contribution in [0.1, 0.15) is 34.7 Å². The molecule has 1 atom stereocenters. The number of nitrogens with one attached hydrogen (secondary N) is 1. The van der Waals surface area contributed by atoms with Crippen LogP contribution in [0.25, 0.3) is 0 Å². The summed E-state index contributed by atoms with van der Waals surface area (Å²) in [7, 11) is 0. The van der Waals surface area contributed by atoms with E-state index >= 15 is 0 Å². The Bertz CT molecular complexity index is 1410. The molecule has 7 heteroatoms. The largest absolute Gasteiger partial charge is 0.454 e. The highest BCUT2D eigenvalue weighted by Crippen LogP contribution is 2.32. The summed E-state index contributed by atoms with van der Waals surface area (Å²) in [5.41, 5.74) is 3.57. The van der Waals surface area contributed by atoms with Crippen molar-refractivity contribution in [2.45, 2.75) is 32.0 Å². The zero-order valence-corrected chi connectivity index (χ0v) is 22.1. The van der Waals surface area contributed by atoms with Gasteiger partial charge in [0.2, 0.25) is 18.6 Å². The molecule has 5 rings (SSSR count). The predicted octanol–water partition coefficient (Wildman–Crippen LogP) is 6.09. The van der Waals surface area contributed by atoms with Crippen molar-refractivity contribution in [3.8, 4) is 11.5 Å². The van der Waals surface area contributed by atoms with Crippen LogP contribution in [0.15, 0.2) is 103 Å². The fourth-order valence-electron chi connectivity index (χ4n) is 4.59. The Morgan fingerprint density at radius 2 is 1.46 bits per heavy atom. The molecule has 0 saturated carbocycles. The van der Waals surface area contributed by atoms with Crippen molar-refractivity contribution in [1.29, 1.82) is 0 Å². The minimum atomic E-state index is -0.820. The molecule has 0 saturated heterocycles. The van der Waals surface area contributed by atoms with Crippen molar-refractivity contribution in [3.63, 3.8) is 0 Å². The minimum Gasteiger partial charge on any atom is -0.454 e. The van der Waals surface area contributed by atoms with Gasteiger partial charge in [0, 0.05) is 24.5 Å². The molecule has 1 heterocycles. The number of rotatable bonds is 10. The quantitative estimate of drug-likeness (QED) is 0.264. The van der Waals surface area contributed by atoms with Crippen LogP contribution in [0.4, 0.5) is 0 Å². The van der Waals surface area contributed by atoms with Gasteiger partial charge in [-0.2, -0.15) is 0 Å². The zero-order chi connectivity index (χ0) is 27.0. The number of carbonyl (C=O) groups excluding carboxylic acids is 2. The second kappa shape index (κ2) is 12.5. The van der Waals surface area contributed by atoms with Crippen LogP contribution in [0.3, 0.4) is 0 Å². The van der Waals surface area contributed by atoms with Gasteiger partial charge in [0.15, 0.2) is 11.5 Å². The van der Waals surface area contributed by atoms with E-state index in [1.165, 1.54) is 0 Å². The molecule has 0 unspecified atom stereocenters. The Balaban J connectivity index is 1.41. The maximum atomic E-state index is 13.8. The predicted molar refractivity (Wildman–Crippen MR) is 150 cm³/mol. The van der Waals surface area contributed by atoms with Crippen molar-refractivity contribution < 1.29 is 19.1 Å². The van der Waals surface area contributed by atoms with E-state index in [1.807, 2.05) is 91.0 Å². The molecule has 4 aromatic rings. The number of carbonyl (C=O) groups is 2. The average molecular weight is 541 g/mol. The van der Waals surface area contributed by atoms with E-state index in [-0.39, 0.29) is 38.1 Å². The molecule has 198 valence electrons. The lowest BCUT2D eigenvalue weighted by atomic mass is 10.0. The highest BCUT2D eigenvalue weighted by atomic mass is 35.5. The Morgan fingerprint density at radius 3 is 2.21 bits per heavy atom. The maximum Gasteiger partial charge on any atom is 0.247 e. The molecule has 0 aliphatic carbocycles. The van der Waals surface area contributed by atoms with Crippen molar-refractivity contribution in [3.05, 3.63) is 130 Å². The molecule has 39 heavy (non-hydrogen) atoms. The van der Waals surface area contributed by atoms with Crippen LogP contribution in [0.2, 0.25) is 5.02 Å². The molecule has 1 aliphatic rings. The van der Waals surface area contributed by atoms with Crippen LogP contribution in [0.5, 0.6) is 11.5 Å². The van der Waals surface area contributed by atoms with E-state index in [0.717, 1.165) is 22.3 Å². The van der Waals surface area contributed by atoms with Gasteiger partial charge in [0.25, 0.3) is 0 Å². The molecule has 0 bridgehead atoms. The minimum absolute atomic E-state index is 0.110. The van der Waals surface area contributed by atoms with Gasteiger partial charge in [-0.25, -0.2) is 0 Å². The number of fused-ring (bicyclic) bond motifs is 1. The smallest absolute Gasteiger partial charge is 0.247 e. The third-order valence-electron chi connectivity index (χ3n) is 6.64. The van der Waals surface area contributed by atoms with Crippen LogP contribution in [-0.4, -0.2) is 23.5 Å². The maximum absolute atomic E-state index is 13.8. The van der Waals surface area contributed by atoms with Gasteiger partial charge in [-0.15, -0.1) is 0 Å². The Morgan fingerprint density at radius 1 is 0.795 bits per heavy atom. The highest BCUT2D eigenvalue weighted by molar-refractivity contribution is 6.30. The molecule has 1 aliphatic heterocycles. The second-order valence-corrected chi connectivity index (χ2v) is 9.79. The van der Waals surface area contributed by atoms with Gasteiger partial charge >= 0.3 is 0 Å². The van der Waals surface area contributed by atoms with Gasteiger partial charge in [-0.1, -0.05) is 90.5 Å². The van der Waals surface area contributed by atoms with Crippen molar-refractivity contribution in [2.75, 3.05) is 6.79 Å². The number of aryl methyl sites for hydroxylation is 1. The number of nitrogens with zero attached hydrogens (tertiary/aromatic N) is 1. The summed E-state index contributed by atoms with van der Waals surface area (Å²) in [6.07, 6.45) is 0.855. The molecule has 0 aromatic heterocycles. The number of ether oxygens (including phenoxy) is 2. The number of hydrogen-bond acceptors (Lipinski definition) is 4. The molecule has 6 nitrogen and oxygen atoms in total. The molecule has 0 radical (unpaired) electrons. The Hall–Kier alpha value is -4.29. The fraction of sp³-hybridized carbons (Fsp3) is 0.188. The summed E-state index contributed by atoms with van der Waals surface area (Å²) >= 11 is 6.11. The summed E-state index contributed by atoms with van der Waals surface area (Å²) in [5, 5.41) is 3.66. The van der Waals surface area contributed by atoms with Crippen LogP contribution >= 0.6 is 11.6 Å². The summed E-state index contributed by atoms with van der Waals surface area (Å²) in [4.78, 5) is 29.3. The van der Waals surface area contributed by atoms with E-state index in [9.17, 15) is 9.59 Å². The first-order chi connectivity index (χ1) is 19.1. The third-order valence-corrected chi connectivity index (χ3v) is 6.89. The van der Waals surface area contributed by atoms with Gasteiger partial charge < -0.3 is 19.7 Å². The summed E-state index contributed by atoms with van der Waals surface area (Å²) < 4.78 is 10.9. The third kappa shape index (κ3) is 6.78. The van der Waals surface area contributed by atoms with Crippen molar-refractivity contribution in [2.24, 2.45) is 0 Å². The lowest BCUT2D eigenvalue weighted by Crippen LogP contribution is -2.43. The van der Waals surface area contributed by atoms with Crippen molar-refractivity contribution in [1.82, 2.24) is 10.2 Å². The first-order valence-electron chi connectivity index (χ1n) is 12.9. The normalized spacial score (nSPS) is 12.5. The van der Waals surface area contributed by atoms with Gasteiger partial charge in [0.1, 0.15) is 6.04 Å². The number of hydrogen-bond donors (Lipinski definition) is 1. The van der Waals surface area contributed by atoms with Gasteiger partial charge in [-0.05, 0) is 52.9 Å². The molecule has 0 fully saturated rings. The van der Waals surface area contributed by atoms with E-state index in [0.29, 0.717) is 22.9 Å². The highest BCUT2D eigenvalue weighted by Gasteiger charge is 2.31. The van der Waals surface area contributed by atoms with Crippen LogP contribution in [0, 0.1) is 0 Å². The first kappa shape index (κ1) is 26.3. The van der Waals surface area contributed by atoms with E-state index in [2.05, 4.69) is 5.32 Å². The summed E-state index contributed by atoms with van der Waals surface area (Å²) in [6, 6.07) is 31.4. The average Bonchev–Trinajstić information content (AvgIpc) is 3.45. The van der Waals surface area contributed by atoms with Crippen molar-refractivity contribution >= 4 is 23.4 Å². The van der Waals surface area contributed by atoms with E-state index < -0.39 is 6.04 Å². The number of amides is 2. The summed E-state index contributed by atoms with van der Waals surface area (Å²) in [5.74, 6) is 0.967. The Labute approximate surface area is 233 Å². The lowest BCUT2D eigenvalue weighted by molar-refractivity contribution is -0.141. The second-order valence-electron chi connectivity index (χ2n) is 9.35. The molecular weight excluding hydrogens is 512 g/mol. The monoisotopic (exact) mass is 540 g/mol. The zero-order valence-electron chi connectivity index (χ0n) is 21.4. The van der Waals surface area contributed by atoms with Gasteiger partial charge in [0.05, 0.1) is 0 Å². The first-order valence-corrected chi connectivity index (χ1v) is 13.2. The van der Waals surface area contributed by atoms with E-state index in [1.54, 1.807) is 17.0 Å².